The number of hydrogen-bond acceptors (Lipinski definition) is 4. The minimum Gasteiger partial charge on any atom is -0.486 e. The summed E-state index contributed by atoms with van der Waals surface area (Å²) in [5, 5.41) is 12.3. The van der Waals surface area contributed by atoms with Crippen molar-refractivity contribution in [3.05, 3.63) is 23.8 Å². The SMILES string of the molecule is CCCCC(NCc1cccc2c1OCCO2)C(=O)O. The molecule has 1 aromatic rings. The van der Waals surface area contributed by atoms with E-state index in [-0.39, 0.29) is 0 Å². The largest absolute Gasteiger partial charge is 0.486 e. The molecule has 2 N–H and O–H groups in total. The molecule has 20 heavy (non-hydrogen) atoms. The number of ether oxygens (including phenoxy) is 2. The van der Waals surface area contributed by atoms with E-state index in [2.05, 4.69) is 12.2 Å². The van der Waals surface area contributed by atoms with Crippen molar-refractivity contribution in [2.75, 3.05) is 13.2 Å². The first-order valence-electron chi connectivity index (χ1n) is 7.06. The van der Waals surface area contributed by atoms with Crippen molar-refractivity contribution in [2.24, 2.45) is 0 Å². The summed E-state index contributed by atoms with van der Waals surface area (Å²) in [5.74, 6) is 0.655. The van der Waals surface area contributed by atoms with Gasteiger partial charge in [-0.3, -0.25) is 4.79 Å². The Kier molecular flexibility index (Phi) is 5.24. The lowest BCUT2D eigenvalue weighted by atomic mass is 10.1. The van der Waals surface area contributed by atoms with E-state index in [1.54, 1.807) is 0 Å². The zero-order chi connectivity index (χ0) is 14.4. The molecule has 5 nitrogen and oxygen atoms in total. The van der Waals surface area contributed by atoms with Crippen LogP contribution in [-0.4, -0.2) is 30.3 Å². The van der Waals surface area contributed by atoms with Crippen LogP contribution in [0.25, 0.3) is 0 Å². The number of para-hydroxylation sites is 1. The van der Waals surface area contributed by atoms with Gasteiger partial charge in [-0.1, -0.05) is 31.9 Å². The number of carbonyl (C=O) groups is 1. The van der Waals surface area contributed by atoms with Crippen LogP contribution < -0.4 is 14.8 Å². The fraction of sp³-hybridized carbons (Fsp3) is 0.533. The number of unbranched alkanes of at least 4 members (excludes halogenated alkanes) is 1. The highest BCUT2D eigenvalue weighted by Gasteiger charge is 2.19. The van der Waals surface area contributed by atoms with Crippen LogP contribution in [0.4, 0.5) is 0 Å². The lowest BCUT2D eigenvalue weighted by Gasteiger charge is -2.22. The molecule has 1 heterocycles. The summed E-state index contributed by atoms with van der Waals surface area (Å²) in [6.45, 7) is 3.60. The van der Waals surface area contributed by atoms with Crippen molar-refractivity contribution in [1.82, 2.24) is 5.32 Å². The third-order valence-corrected chi connectivity index (χ3v) is 3.33. The molecule has 0 bridgehead atoms. The second-order valence-electron chi connectivity index (χ2n) is 4.86. The average Bonchev–Trinajstić information content (AvgIpc) is 2.47. The van der Waals surface area contributed by atoms with Gasteiger partial charge >= 0.3 is 5.97 Å². The second kappa shape index (κ2) is 7.14. The molecule has 0 fully saturated rings. The van der Waals surface area contributed by atoms with E-state index in [1.807, 2.05) is 18.2 Å². The quantitative estimate of drug-likeness (QED) is 0.801. The first-order chi connectivity index (χ1) is 9.72. The van der Waals surface area contributed by atoms with Crippen LogP contribution in [0.3, 0.4) is 0 Å². The Bertz CT molecular complexity index is 461. The summed E-state index contributed by atoms with van der Waals surface area (Å²) >= 11 is 0. The van der Waals surface area contributed by atoms with E-state index >= 15 is 0 Å². The molecule has 0 aromatic heterocycles. The number of carboxylic acids is 1. The van der Waals surface area contributed by atoms with E-state index < -0.39 is 12.0 Å². The normalized spacial score (nSPS) is 14.8. The van der Waals surface area contributed by atoms with Crippen molar-refractivity contribution in [2.45, 2.75) is 38.8 Å². The Hall–Kier alpha value is -1.75. The fourth-order valence-corrected chi connectivity index (χ4v) is 2.23. The number of carboxylic acid groups (broad SMARTS) is 1. The summed E-state index contributed by atoms with van der Waals surface area (Å²) in [7, 11) is 0. The summed E-state index contributed by atoms with van der Waals surface area (Å²) in [6.07, 6.45) is 2.53. The summed E-state index contributed by atoms with van der Waals surface area (Å²) in [4.78, 5) is 11.2. The van der Waals surface area contributed by atoms with Gasteiger partial charge in [0.2, 0.25) is 0 Å². The van der Waals surface area contributed by atoms with Crippen LogP contribution in [0.2, 0.25) is 0 Å². The maximum Gasteiger partial charge on any atom is 0.320 e. The van der Waals surface area contributed by atoms with Crippen LogP contribution in [0.15, 0.2) is 18.2 Å². The number of hydrogen-bond donors (Lipinski definition) is 2. The van der Waals surface area contributed by atoms with E-state index in [0.29, 0.717) is 26.2 Å². The third kappa shape index (κ3) is 3.63. The van der Waals surface area contributed by atoms with E-state index in [0.717, 1.165) is 29.9 Å². The van der Waals surface area contributed by atoms with Gasteiger partial charge in [0.1, 0.15) is 19.3 Å². The Morgan fingerprint density at radius 2 is 2.20 bits per heavy atom. The monoisotopic (exact) mass is 279 g/mol. The van der Waals surface area contributed by atoms with Gasteiger partial charge in [0.25, 0.3) is 0 Å². The molecule has 0 saturated carbocycles. The molecule has 0 aliphatic carbocycles. The Morgan fingerprint density at radius 3 is 2.95 bits per heavy atom. The fourth-order valence-electron chi connectivity index (χ4n) is 2.23. The van der Waals surface area contributed by atoms with Gasteiger partial charge in [-0.2, -0.15) is 0 Å². The van der Waals surface area contributed by atoms with Crippen LogP contribution in [-0.2, 0) is 11.3 Å². The summed E-state index contributed by atoms with van der Waals surface area (Å²) in [6, 6.07) is 5.17. The Labute approximate surface area is 118 Å². The molecule has 0 saturated heterocycles. The molecule has 110 valence electrons. The van der Waals surface area contributed by atoms with E-state index in [9.17, 15) is 9.90 Å². The van der Waals surface area contributed by atoms with Crippen molar-refractivity contribution >= 4 is 5.97 Å². The number of fused-ring (bicyclic) bond motifs is 1. The number of benzene rings is 1. The maximum atomic E-state index is 11.2. The molecule has 1 unspecified atom stereocenters. The molecule has 1 aliphatic heterocycles. The molecule has 1 aromatic carbocycles. The van der Waals surface area contributed by atoms with Gasteiger partial charge in [0.15, 0.2) is 11.5 Å². The van der Waals surface area contributed by atoms with Crippen LogP contribution >= 0.6 is 0 Å². The molecular weight excluding hydrogens is 258 g/mol. The Balaban J connectivity index is 2.00. The van der Waals surface area contributed by atoms with Gasteiger partial charge in [-0.05, 0) is 12.5 Å². The van der Waals surface area contributed by atoms with Gasteiger partial charge in [0, 0.05) is 12.1 Å². The highest BCUT2D eigenvalue weighted by molar-refractivity contribution is 5.73. The molecule has 1 atom stereocenters. The van der Waals surface area contributed by atoms with Crippen molar-refractivity contribution in [3.8, 4) is 11.5 Å². The van der Waals surface area contributed by atoms with Crippen molar-refractivity contribution in [1.29, 1.82) is 0 Å². The number of rotatable bonds is 7. The van der Waals surface area contributed by atoms with Crippen LogP contribution in [0.5, 0.6) is 11.5 Å². The average molecular weight is 279 g/mol. The minimum atomic E-state index is -0.805. The zero-order valence-electron chi connectivity index (χ0n) is 11.7. The topological polar surface area (TPSA) is 67.8 Å². The molecule has 0 spiro atoms. The first-order valence-corrected chi connectivity index (χ1v) is 7.06. The summed E-state index contributed by atoms with van der Waals surface area (Å²) < 4.78 is 11.1. The molecule has 0 radical (unpaired) electrons. The predicted molar refractivity (Wildman–Crippen MR) is 75.2 cm³/mol. The van der Waals surface area contributed by atoms with Gasteiger partial charge in [-0.25, -0.2) is 0 Å². The Morgan fingerprint density at radius 1 is 1.40 bits per heavy atom. The van der Waals surface area contributed by atoms with Crippen molar-refractivity contribution < 1.29 is 19.4 Å². The van der Waals surface area contributed by atoms with Gasteiger partial charge in [-0.15, -0.1) is 0 Å². The van der Waals surface area contributed by atoms with Crippen LogP contribution in [0, 0.1) is 0 Å². The maximum absolute atomic E-state index is 11.2. The van der Waals surface area contributed by atoms with Crippen LogP contribution in [0.1, 0.15) is 31.7 Å². The highest BCUT2D eigenvalue weighted by atomic mass is 16.6. The minimum absolute atomic E-state index is 0.465. The van der Waals surface area contributed by atoms with Gasteiger partial charge in [0.05, 0.1) is 0 Å². The highest BCUT2D eigenvalue weighted by Crippen LogP contribution is 2.33. The van der Waals surface area contributed by atoms with Crippen molar-refractivity contribution in [3.63, 3.8) is 0 Å². The standard InChI is InChI=1S/C15H21NO4/c1-2-3-6-12(15(17)18)16-10-11-5-4-7-13-14(11)20-9-8-19-13/h4-5,7,12,16H,2-3,6,8-10H2,1H3,(H,17,18). The lowest BCUT2D eigenvalue weighted by molar-refractivity contribution is -0.139. The first kappa shape index (κ1) is 14.7. The molecule has 1 aliphatic rings. The smallest absolute Gasteiger partial charge is 0.320 e. The van der Waals surface area contributed by atoms with E-state index in [1.165, 1.54) is 0 Å². The zero-order valence-corrected chi connectivity index (χ0v) is 11.7. The molecular formula is C15H21NO4. The third-order valence-electron chi connectivity index (χ3n) is 3.33. The molecule has 5 heteroatoms. The number of nitrogens with one attached hydrogen (secondary N) is 1. The van der Waals surface area contributed by atoms with Gasteiger partial charge < -0.3 is 19.9 Å². The lowest BCUT2D eigenvalue weighted by Crippen LogP contribution is -2.36. The summed E-state index contributed by atoms with van der Waals surface area (Å²) in [5.41, 5.74) is 0.935. The number of aliphatic carboxylic acids is 1. The second-order valence-corrected chi connectivity index (χ2v) is 4.86. The van der Waals surface area contributed by atoms with E-state index in [4.69, 9.17) is 9.47 Å². The predicted octanol–water partition coefficient (Wildman–Crippen LogP) is 2.19. The molecule has 0 amide bonds. The molecule has 2 rings (SSSR count).